The summed E-state index contributed by atoms with van der Waals surface area (Å²) in [6.45, 7) is 0. The van der Waals surface area contributed by atoms with Gasteiger partial charge in [-0.1, -0.05) is 41.9 Å². The van der Waals surface area contributed by atoms with Gasteiger partial charge in [-0.25, -0.2) is 31.9 Å². The van der Waals surface area contributed by atoms with Crippen molar-refractivity contribution in [1.82, 2.24) is 9.97 Å². The van der Waals surface area contributed by atoms with Crippen LogP contribution in [0.5, 0.6) is 0 Å². The molecule has 0 spiro atoms. The summed E-state index contributed by atoms with van der Waals surface area (Å²) in [7, 11) is 0. The normalized spacial score (nSPS) is 11.2. The number of rotatable bonds is 4. The standard InChI is InChI=1S/C17H8ClF5N4/c18-10-6-11(26-17(25-10)8-4-2-1-3-5-8)27-24-7-9-12(19)14(21)16(23)15(22)13(9)20/h1-7H,(H,25,26,27)/b24-7+. The first-order valence-electron chi connectivity index (χ1n) is 7.29. The molecule has 0 atom stereocenters. The summed E-state index contributed by atoms with van der Waals surface area (Å²) in [4.78, 5) is 8.15. The Morgan fingerprint density at radius 3 is 2.07 bits per heavy atom. The van der Waals surface area contributed by atoms with Crippen molar-refractivity contribution < 1.29 is 22.0 Å². The quantitative estimate of drug-likeness (QED) is 0.169. The van der Waals surface area contributed by atoms with E-state index < -0.39 is 34.6 Å². The molecule has 0 bridgehead atoms. The first kappa shape index (κ1) is 18.7. The third kappa shape index (κ3) is 3.87. The summed E-state index contributed by atoms with van der Waals surface area (Å²) in [5.74, 6) is -10.1. The smallest absolute Gasteiger partial charge is 0.200 e. The number of nitrogens with zero attached hydrogens (tertiary/aromatic N) is 3. The fourth-order valence-corrected chi connectivity index (χ4v) is 2.27. The van der Waals surface area contributed by atoms with E-state index in [9.17, 15) is 22.0 Å². The molecule has 0 radical (unpaired) electrons. The molecule has 4 nitrogen and oxygen atoms in total. The molecule has 10 heteroatoms. The van der Waals surface area contributed by atoms with Crippen LogP contribution in [-0.4, -0.2) is 16.2 Å². The second-order valence-corrected chi connectivity index (χ2v) is 5.51. The van der Waals surface area contributed by atoms with Gasteiger partial charge in [0.15, 0.2) is 34.9 Å². The van der Waals surface area contributed by atoms with Gasteiger partial charge in [0, 0.05) is 11.6 Å². The van der Waals surface area contributed by atoms with Crippen LogP contribution in [0, 0.1) is 29.1 Å². The Labute approximate surface area is 154 Å². The van der Waals surface area contributed by atoms with E-state index >= 15 is 0 Å². The molecule has 1 heterocycles. The predicted molar refractivity (Wildman–Crippen MR) is 89.9 cm³/mol. The van der Waals surface area contributed by atoms with E-state index in [2.05, 4.69) is 20.5 Å². The SMILES string of the molecule is Fc1c(F)c(F)c(/C=N/Nc2cc(Cl)nc(-c3ccccc3)n2)c(F)c1F. The lowest BCUT2D eigenvalue weighted by atomic mass is 10.2. The van der Waals surface area contributed by atoms with E-state index in [-0.39, 0.29) is 16.8 Å². The number of nitrogens with one attached hydrogen (secondary N) is 1. The Kier molecular flexibility index (Phi) is 5.31. The third-order valence-corrected chi connectivity index (χ3v) is 3.54. The summed E-state index contributed by atoms with van der Waals surface area (Å²) in [6, 6.07) is 10.0. The van der Waals surface area contributed by atoms with Crippen LogP contribution < -0.4 is 5.43 Å². The number of hydrazone groups is 1. The molecule has 1 aromatic heterocycles. The molecule has 1 N–H and O–H groups in total. The summed E-state index contributed by atoms with van der Waals surface area (Å²) >= 11 is 5.90. The highest BCUT2D eigenvalue weighted by molar-refractivity contribution is 6.29. The van der Waals surface area contributed by atoms with Gasteiger partial charge in [-0.05, 0) is 0 Å². The van der Waals surface area contributed by atoms with E-state index in [1.165, 1.54) is 6.07 Å². The molecule has 3 rings (SSSR count). The van der Waals surface area contributed by atoms with Crippen molar-refractivity contribution in [3.8, 4) is 11.4 Å². The number of benzene rings is 2. The number of halogens is 6. The van der Waals surface area contributed by atoms with E-state index in [0.29, 0.717) is 11.8 Å². The fourth-order valence-electron chi connectivity index (χ4n) is 2.09. The number of hydrogen-bond donors (Lipinski definition) is 1. The van der Waals surface area contributed by atoms with Gasteiger partial charge in [0.1, 0.15) is 5.15 Å². The number of hydrogen-bond acceptors (Lipinski definition) is 4. The molecular formula is C17H8ClF5N4. The average molecular weight is 399 g/mol. The summed E-state index contributed by atoms with van der Waals surface area (Å²) < 4.78 is 66.5. The lowest BCUT2D eigenvalue weighted by Gasteiger charge is -2.06. The molecule has 0 fully saturated rings. The fraction of sp³-hybridized carbons (Fsp3) is 0. The van der Waals surface area contributed by atoms with Gasteiger partial charge in [0.25, 0.3) is 0 Å². The van der Waals surface area contributed by atoms with Gasteiger partial charge in [-0.15, -0.1) is 0 Å². The highest BCUT2D eigenvalue weighted by Crippen LogP contribution is 2.22. The monoisotopic (exact) mass is 398 g/mol. The van der Waals surface area contributed by atoms with Gasteiger partial charge in [-0.2, -0.15) is 5.10 Å². The van der Waals surface area contributed by atoms with E-state index in [0.717, 1.165) is 0 Å². The van der Waals surface area contributed by atoms with Crippen LogP contribution in [0.2, 0.25) is 5.15 Å². The molecule has 0 amide bonds. The second kappa shape index (κ2) is 7.67. The average Bonchev–Trinajstić information content (AvgIpc) is 2.68. The third-order valence-electron chi connectivity index (χ3n) is 3.34. The van der Waals surface area contributed by atoms with Gasteiger partial charge in [0.2, 0.25) is 5.82 Å². The molecular weight excluding hydrogens is 391 g/mol. The minimum atomic E-state index is -2.25. The van der Waals surface area contributed by atoms with Crippen LogP contribution in [0.4, 0.5) is 27.8 Å². The Balaban J connectivity index is 1.89. The van der Waals surface area contributed by atoms with Gasteiger partial charge in [0.05, 0.1) is 11.8 Å². The maximum absolute atomic E-state index is 13.6. The molecule has 0 saturated heterocycles. The van der Waals surface area contributed by atoms with Crippen LogP contribution in [0.15, 0.2) is 41.5 Å². The lowest BCUT2D eigenvalue weighted by Crippen LogP contribution is -2.07. The molecule has 0 aliphatic heterocycles. The molecule has 0 aliphatic carbocycles. The molecule has 2 aromatic carbocycles. The number of aromatic nitrogens is 2. The molecule has 0 saturated carbocycles. The largest absolute Gasteiger partial charge is 0.261 e. The number of anilines is 1. The molecule has 138 valence electrons. The van der Waals surface area contributed by atoms with Crippen LogP contribution >= 0.6 is 11.6 Å². The van der Waals surface area contributed by atoms with Gasteiger partial charge >= 0.3 is 0 Å². The zero-order valence-electron chi connectivity index (χ0n) is 13.2. The van der Waals surface area contributed by atoms with Crippen molar-refractivity contribution in [3.63, 3.8) is 0 Å². The predicted octanol–water partition coefficient (Wildman–Crippen LogP) is 4.94. The molecule has 0 aliphatic rings. The maximum Gasteiger partial charge on any atom is 0.200 e. The Bertz CT molecular complexity index is 999. The van der Waals surface area contributed by atoms with Crippen molar-refractivity contribution in [2.75, 3.05) is 5.43 Å². The van der Waals surface area contributed by atoms with Gasteiger partial charge < -0.3 is 0 Å². The van der Waals surface area contributed by atoms with E-state index in [4.69, 9.17) is 11.6 Å². The molecule has 27 heavy (non-hydrogen) atoms. The zero-order chi connectivity index (χ0) is 19.6. The second-order valence-electron chi connectivity index (χ2n) is 5.12. The Morgan fingerprint density at radius 1 is 0.852 bits per heavy atom. The Hall–Kier alpha value is -3.07. The van der Waals surface area contributed by atoms with E-state index in [1.54, 1.807) is 30.3 Å². The van der Waals surface area contributed by atoms with Crippen LogP contribution in [0.3, 0.4) is 0 Å². The van der Waals surface area contributed by atoms with Crippen molar-refractivity contribution in [2.24, 2.45) is 5.10 Å². The topological polar surface area (TPSA) is 50.2 Å². The van der Waals surface area contributed by atoms with E-state index in [1.807, 2.05) is 0 Å². The van der Waals surface area contributed by atoms with Crippen molar-refractivity contribution >= 4 is 23.6 Å². The van der Waals surface area contributed by atoms with Crippen molar-refractivity contribution in [2.45, 2.75) is 0 Å². The van der Waals surface area contributed by atoms with Crippen molar-refractivity contribution in [3.05, 3.63) is 76.2 Å². The minimum absolute atomic E-state index is 0.0500. The first-order valence-corrected chi connectivity index (χ1v) is 7.66. The highest BCUT2D eigenvalue weighted by atomic mass is 35.5. The van der Waals surface area contributed by atoms with Crippen LogP contribution in [0.25, 0.3) is 11.4 Å². The van der Waals surface area contributed by atoms with Crippen molar-refractivity contribution in [1.29, 1.82) is 0 Å². The highest BCUT2D eigenvalue weighted by Gasteiger charge is 2.24. The zero-order valence-corrected chi connectivity index (χ0v) is 13.9. The summed E-state index contributed by atoms with van der Waals surface area (Å²) in [5, 5.41) is 3.52. The summed E-state index contributed by atoms with van der Waals surface area (Å²) in [5.41, 5.74) is 1.77. The molecule has 0 unspecified atom stereocenters. The van der Waals surface area contributed by atoms with Crippen LogP contribution in [-0.2, 0) is 0 Å². The first-order chi connectivity index (χ1) is 12.9. The maximum atomic E-state index is 13.6. The lowest BCUT2D eigenvalue weighted by molar-refractivity contribution is 0.377. The Morgan fingerprint density at radius 2 is 1.44 bits per heavy atom. The minimum Gasteiger partial charge on any atom is -0.261 e. The van der Waals surface area contributed by atoms with Crippen LogP contribution in [0.1, 0.15) is 5.56 Å². The molecule has 3 aromatic rings. The van der Waals surface area contributed by atoms with Gasteiger partial charge in [-0.3, -0.25) is 5.43 Å². The summed E-state index contributed by atoms with van der Waals surface area (Å²) in [6.07, 6.45) is 0.453.